The number of rotatable bonds is 9. The van der Waals surface area contributed by atoms with E-state index in [4.69, 9.17) is 4.84 Å². The fraction of sp³-hybridized carbons (Fsp3) is 0.333. The molecular formula is C18H23N3O5S. The van der Waals surface area contributed by atoms with E-state index in [2.05, 4.69) is 5.48 Å². The predicted octanol–water partition coefficient (Wildman–Crippen LogP) is 1.13. The first kappa shape index (κ1) is 20.8. The van der Waals surface area contributed by atoms with Gasteiger partial charge in [0.1, 0.15) is 6.54 Å². The second-order valence-electron chi connectivity index (χ2n) is 5.72. The number of nitrogens with zero attached hydrogens (tertiary/aromatic N) is 2. The first-order valence-corrected chi connectivity index (χ1v) is 9.97. The number of carbonyl (C=O) groups is 1. The highest BCUT2D eigenvalue weighted by Gasteiger charge is 2.22. The van der Waals surface area contributed by atoms with Crippen LogP contribution in [0.4, 0.5) is 0 Å². The van der Waals surface area contributed by atoms with Gasteiger partial charge in [-0.15, -0.1) is 0 Å². The van der Waals surface area contributed by atoms with Crippen molar-refractivity contribution in [1.82, 2.24) is 14.4 Å². The van der Waals surface area contributed by atoms with Crippen LogP contribution in [-0.2, 0) is 32.8 Å². The van der Waals surface area contributed by atoms with E-state index in [1.54, 1.807) is 13.8 Å². The van der Waals surface area contributed by atoms with Gasteiger partial charge in [0.15, 0.2) is 0 Å². The minimum absolute atomic E-state index is 0.0381. The molecule has 0 radical (unpaired) electrons. The molecule has 0 bridgehead atoms. The summed E-state index contributed by atoms with van der Waals surface area (Å²) in [5.74, 6) is -0.564. The lowest BCUT2D eigenvalue weighted by atomic mass is 10.2. The van der Waals surface area contributed by atoms with E-state index in [0.717, 1.165) is 16.2 Å². The number of carbonyl (C=O) groups excluding carboxylic acids is 1. The Kier molecular flexibility index (Phi) is 7.28. The van der Waals surface area contributed by atoms with Crippen molar-refractivity contribution >= 4 is 15.9 Å². The molecule has 1 aromatic heterocycles. The van der Waals surface area contributed by atoms with E-state index >= 15 is 0 Å². The van der Waals surface area contributed by atoms with Crippen molar-refractivity contribution in [2.75, 3.05) is 13.1 Å². The molecule has 0 spiro atoms. The van der Waals surface area contributed by atoms with Gasteiger partial charge in [0, 0.05) is 25.4 Å². The molecule has 0 atom stereocenters. The third kappa shape index (κ3) is 5.49. The van der Waals surface area contributed by atoms with Crippen LogP contribution in [0.5, 0.6) is 0 Å². The smallest absolute Gasteiger partial charge is 0.263 e. The number of hydrogen-bond donors (Lipinski definition) is 1. The third-order valence-corrected chi connectivity index (χ3v) is 5.91. The third-order valence-electron chi connectivity index (χ3n) is 3.88. The van der Waals surface area contributed by atoms with E-state index < -0.39 is 21.5 Å². The monoisotopic (exact) mass is 393 g/mol. The summed E-state index contributed by atoms with van der Waals surface area (Å²) in [6.45, 7) is 3.91. The van der Waals surface area contributed by atoms with Gasteiger partial charge in [0.05, 0.1) is 11.5 Å². The van der Waals surface area contributed by atoms with E-state index in [9.17, 15) is 18.0 Å². The zero-order chi connectivity index (χ0) is 19.9. The van der Waals surface area contributed by atoms with Gasteiger partial charge in [0.2, 0.25) is 10.0 Å². The average molecular weight is 393 g/mol. The predicted molar refractivity (Wildman–Crippen MR) is 100 cm³/mol. The molecule has 1 N–H and O–H groups in total. The summed E-state index contributed by atoms with van der Waals surface area (Å²) in [7, 11) is -3.72. The van der Waals surface area contributed by atoms with E-state index in [0.29, 0.717) is 13.1 Å². The van der Waals surface area contributed by atoms with Crippen LogP contribution < -0.4 is 11.0 Å². The molecule has 1 aromatic carbocycles. The molecule has 2 rings (SSSR count). The number of nitrogens with one attached hydrogen (secondary N) is 1. The molecule has 0 fully saturated rings. The van der Waals surface area contributed by atoms with Gasteiger partial charge in [0.25, 0.3) is 11.5 Å². The van der Waals surface area contributed by atoms with Gasteiger partial charge in [-0.1, -0.05) is 44.2 Å². The molecule has 27 heavy (non-hydrogen) atoms. The molecule has 0 aliphatic carbocycles. The summed E-state index contributed by atoms with van der Waals surface area (Å²) < 4.78 is 27.4. The van der Waals surface area contributed by atoms with Crippen LogP contribution in [0.15, 0.2) is 58.4 Å². The van der Waals surface area contributed by atoms with Gasteiger partial charge in [-0.2, -0.15) is 4.31 Å². The largest absolute Gasteiger partial charge is 0.305 e. The number of pyridine rings is 1. The van der Waals surface area contributed by atoms with E-state index in [1.165, 1.54) is 16.6 Å². The molecule has 8 nitrogen and oxygen atoms in total. The number of amides is 1. The molecule has 0 aliphatic rings. The molecule has 2 aromatic rings. The Labute approximate surface area is 158 Å². The Morgan fingerprint density at radius 3 is 2.41 bits per heavy atom. The van der Waals surface area contributed by atoms with Crippen molar-refractivity contribution in [2.45, 2.75) is 31.9 Å². The van der Waals surface area contributed by atoms with Gasteiger partial charge < -0.3 is 4.57 Å². The Morgan fingerprint density at radius 2 is 1.78 bits per heavy atom. The van der Waals surface area contributed by atoms with Crippen LogP contribution in [0.3, 0.4) is 0 Å². The van der Waals surface area contributed by atoms with Crippen molar-refractivity contribution in [1.29, 1.82) is 0 Å². The van der Waals surface area contributed by atoms with Gasteiger partial charge in [-0.25, -0.2) is 13.9 Å². The number of hydrogen-bond acceptors (Lipinski definition) is 5. The van der Waals surface area contributed by atoms with Crippen molar-refractivity contribution in [3.05, 3.63) is 64.6 Å². The lowest BCUT2D eigenvalue weighted by molar-refractivity contribution is -0.135. The fourth-order valence-electron chi connectivity index (χ4n) is 2.46. The fourth-order valence-corrected chi connectivity index (χ4v) is 3.94. The molecule has 1 heterocycles. The number of hydroxylamine groups is 1. The lowest BCUT2D eigenvalue weighted by Gasteiger charge is -2.19. The molecule has 0 unspecified atom stereocenters. The highest BCUT2D eigenvalue weighted by atomic mass is 32.2. The average Bonchev–Trinajstić information content (AvgIpc) is 2.65. The normalized spacial score (nSPS) is 11.5. The highest BCUT2D eigenvalue weighted by molar-refractivity contribution is 7.89. The Bertz CT molecular complexity index is 922. The number of aromatic nitrogens is 1. The summed E-state index contributed by atoms with van der Waals surface area (Å²) in [6, 6.07) is 11.6. The molecule has 0 saturated heterocycles. The second-order valence-corrected chi connectivity index (χ2v) is 7.66. The molecule has 1 amide bonds. The number of sulfonamides is 1. The van der Waals surface area contributed by atoms with Crippen LogP contribution in [0.2, 0.25) is 0 Å². The zero-order valence-corrected chi connectivity index (χ0v) is 16.1. The van der Waals surface area contributed by atoms with Crippen molar-refractivity contribution in [2.24, 2.45) is 0 Å². The molecule has 0 saturated carbocycles. The lowest BCUT2D eigenvalue weighted by Crippen LogP contribution is -2.34. The zero-order valence-electron chi connectivity index (χ0n) is 15.3. The Hall–Kier alpha value is -2.49. The number of benzene rings is 1. The van der Waals surface area contributed by atoms with Crippen molar-refractivity contribution in [3.63, 3.8) is 0 Å². The molecular weight excluding hydrogens is 370 g/mol. The first-order chi connectivity index (χ1) is 12.9. The summed E-state index contributed by atoms with van der Waals surface area (Å²) in [4.78, 5) is 29.1. The van der Waals surface area contributed by atoms with E-state index in [-0.39, 0.29) is 18.0 Å². The summed E-state index contributed by atoms with van der Waals surface area (Å²) in [5, 5.41) is 0. The topological polar surface area (TPSA) is 97.7 Å². The maximum absolute atomic E-state index is 12.6. The summed E-state index contributed by atoms with van der Waals surface area (Å²) >= 11 is 0. The van der Waals surface area contributed by atoms with Crippen LogP contribution in [0, 0.1) is 0 Å². The summed E-state index contributed by atoms with van der Waals surface area (Å²) in [6.07, 6.45) is 1.17. The molecule has 146 valence electrons. The minimum Gasteiger partial charge on any atom is -0.305 e. The van der Waals surface area contributed by atoms with Crippen LogP contribution in [-0.4, -0.2) is 36.3 Å². The van der Waals surface area contributed by atoms with Crippen LogP contribution in [0.1, 0.15) is 19.4 Å². The Morgan fingerprint density at radius 1 is 1.11 bits per heavy atom. The highest BCUT2D eigenvalue weighted by Crippen LogP contribution is 2.13. The summed E-state index contributed by atoms with van der Waals surface area (Å²) in [5.41, 5.74) is 2.65. The van der Waals surface area contributed by atoms with Gasteiger partial charge in [-0.3, -0.25) is 14.4 Å². The van der Waals surface area contributed by atoms with Gasteiger partial charge in [-0.05, 0) is 11.6 Å². The van der Waals surface area contributed by atoms with Crippen molar-refractivity contribution < 1.29 is 18.0 Å². The Balaban J connectivity index is 2.05. The first-order valence-electron chi connectivity index (χ1n) is 8.53. The standard InChI is InChI=1S/C18H23N3O5S/c1-3-21(4-2)27(24,25)16-10-11-18(23)20(12-16)13-17(22)19-26-14-15-8-6-5-7-9-15/h5-12H,3-4,13-14H2,1-2H3,(H,19,22). The molecule has 0 aliphatic heterocycles. The SMILES string of the molecule is CCN(CC)S(=O)(=O)c1ccc(=O)n(CC(=O)NOCc2ccccc2)c1. The maximum Gasteiger partial charge on any atom is 0.263 e. The van der Waals surface area contributed by atoms with Crippen LogP contribution >= 0.6 is 0 Å². The second kappa shape index (κ2) is 9.45. The van der Waals surface area contributed by atoms with Gasteiger partial charge >= 0.3 is 0 Å². The van der Waals surface area contributed by atoms with Crippen molar-refractivity contribution in [3.8, 4) is 0 Å². The minimum atomic E-state index is -3.72. The molecule has 9 heteroatoms. The maximum atomic E-state index is 12.6. The quantitative estimate of drug-likeness (QED) is 0.644. The van der Waals surface area contributed by atoms with E-state index in [1.807, 2.05) is 30.3 Å². The van der Waals surface area contributed by atoms with Crippen LogP contribution in [0.25, 0.3) is 0 Å².